The number of hydrogen-bond donors (Lipinski definition) is 1. The minimum Gasteiger partial charge on any atom is -0.493 e. The maximum atomic E-state index is 11.6. The van der Waals surface area contributed by atoms with Gasteiger partial charge >= 0.3 is 0 Å². The Labute approximate surface area is 116 Å². The number of hydrogen-bond acceptors (Lipinski definition) is 3. The Bertz CT molecular complexity index is 711. The van der Waals surface area contributed by atoms with Gasteiger partial charge in [0.1, 0.15) is 0 Å². The minimum atomic E-state index is -0.186. The first-order chi connectivity index (χ1) is 9.61. The Morgan fingerprint density at radius 3 is 2.85 bits per heavy atom. The maximum Gasteiger partial charge on any atom is 0.267 e. The maximum absolute atomic E-state index is 11.6. The van der Waals surface area contributed by atoms with E-state index in [4.69, 9.17) is 0 Å². The SMILES string of the molecule is CCn1c(O)c(N=NC(=O)C2CC2)c2cc(C)ccc21. The third kappa shape index (κ3) is 2.09. The fourth-order valence-electron chi connectivity index (χ4n) is 2.37. The lowest BCUT2D eigenvalue weighted by atomic mass is 10.1. The van der Waals surface area contributed by atoms with Crippen LogP contribution >= 0.6 is 0 Å². The van der Waals surface area contributed by atoms with Crippen LogP contribution in [0.25, 0.3) is 10.9 Å². The van der Waals surface area contributed by atoms with E-state index < -0.39 is 0 Å². The normalized spacial score (nSPS) is 15.3. The molecule has 2 aromatic rings. The van der Waals surface area contributed by atoms with Crippen LogP contribution in [-0.4, -0.2) is 15.6 Å². The molecule has 0 aliphatic heterocycles. The molecule has 1 fully saturated rings. The molecule has 5 nitrogen and oxygen atoms in total. The number of rotatable bonds is 3. The number of azo groups is 1. The highest BCUT2D eigenvalue weighted by atomic mass is 16.3. The van der Waals surface area contributed by atoms with Crippen LogP contribution in [0.3, 0.4) is 0 Å². The topological polar surface area (TPSA) is 66.9 Å². The van der Waals surface area contributed by atoms with E-state index in [2.05, 4.69) is 10.2 Å². The smallest absolute Gasteiger partial charge is 0.267 e. The van der Waals surface area contributed by atoms with Gasteiger partial charge in [0.15, 0.2) is 5.69 Å². The Balaban J connectivity index is 2.10. The number of aromatic nitrogens is 1. The summed E-state index contributed by atoms with van der Waals surface area (Å²) in [6, 6.07) is 5.90. The van der Waals surface area contributed by atoms with Gasteiger partial charge in [0.2, 0.25) is 5.88 Å². The second kappa shape index (κ2) is 4.74. The molecule has 1 aliphatic rings. The third-order valence-electron chi connectivity index (χ3n) is 3.66. The molecule has 1 N–H and O–H groups in total. The summed E-state index contributed by atoms with van der Waals surface area (Å²) in [6.07, 6.45) is 1.80. The summed E-state index contributed by atoms with van der Waals surface area (Å²) >= 11 is 0. The van der Waals surface area contributed by atoms with Gasteiger partial charge < -0.3 is 9.67 Å². The van der Waals surface area contributed by atoms with Crippen LogP contribution in [0.5, 0.6) is 5.88 Å². The zero-order chi connectivity index (χ0) is 14.3. The summed E-state index contributed by atoms with van der Waals surface area (Å²) in [4.78, 5) is 11.6. The number of aryl methyl sites for hydroxylation is 2. The Morgan fingerprint density at radius 2 is 2.20 bits per heavy atom. The molecule has 104 valence electrons. The molecule has 20 heavy (non-hydrogen) atoms. The van der Waals surface area contributed by atoms with Gasteiger partial charge in [-0.25, -0.2) is 0 Å². The highest BCUT2D eigenvalue weighted by molar-refractivity contribution is 5.95. The van der Waals surface area contributed by atoms with E-state index in [-0.39, 0.29) is 17.7 Å². The van der Waals surface area contributed by atoms with Crippen molar-refractivity contribution in [3.05, 3.63) is 23.8 Å². The first kappa shape index (κ1) is 12.8. The lowest BCUT2D eigenvalue weighted by Gasteiger charge is -2.01. The van der Waals surface area contributed by atoms with Gasteiger partial charge in [0.05, 0.1) is 5.52 Å². The molecule has 3 rings (SSSR count). The van der Waals surface area contributed by atoms with Crippen LogP contribution in [0.15, 0.2) is 28.4 Å². The van der Waals surface area contributed by atoms with Crippen molar-refractivity contribution in [3.8, 4) is 5.88 Å². The molecule has 0 bridgehead atoms. The summed E-state index contributed by atoms with van der Waals surface area (Å²) in [6.45, 7) is 4.57. The van der Waals surface area contributed by atoms with E-state index in [1.807, 2.05) is 32.0 Å². The van der Waals surface area contributed by atoms with Crippen LogP contribution in [0.4, 0.5) is 5.69 Å². The van der Waals surface area contributed by atoms with Crippen LogP contribution < -0.4 is 0 Å². The van der Waals surface area contributed by atoms with Gasteiger partial charge in [-0.05, 0) is 38.8 Å². The van der Waals surface area contributed by atoms with Crippen molar-refractivity contribution in [2.75, 3.05) is 0 Å². The molecule has 1 amide bonds. The van der Waals surface area contributed by atoms with E-state index in [9.17, 15) is 9.90 Å². The van der Waals surface area contributed by atoms with Gasteiger partial charge in [-0.15, -0.1) is 10.2 Å². The van der Waals surface area contributed by atoms with Crippen molar-refractivity contribution >= 4 is 22.5 Å². The van der Waals surface area contributed by atoms with Gasteiger partial charge in [-0.3, -0.25) is 4.79 Å². The van der Waals surface area contributed by atoms with Gasteiger partial charge in [0, 0.05) is 17.8 Å². The van der Waals surface area contributed by atoms with Gasteiger partial charge in [-0.2, -0.15) is 0 Å². The molecule has 0 spiro atoms. The third-order valence-corrected chi connectivity index (χ3v) is 3.66. The van der Waals surface area contributed by atoms with Crippen molar-refractivity contribution in [1.29, 1.82) is 0 Å². The average molecular weight is 271 g/mol. The number of carbonyl (C=O) groups is 1. The predicted molar refractivity (Wildman–Crippen MR) is 76.3 cm³/mol. The number of benzene rings is 1. The first-order valence-electron chi connectivity index (χ1n) is 6.89. The molecule has 0 radical (unpaired) electrons. The quantitative estimate of drug-likeness (QED) is 0.865. The van der Waals surface area contributed by atoms with Crippen molar-refractivity contribution in [3.63, 3.8) is 0 Å². The number of carbonyl (C=O) groups excluding carboxylic acids is 1. The zero-order valence-electron chi connectivity index (χ0n) is 11.6. The predicted octanol–water partition coefficient (Wildman–Crippen LogP) is 3.70. The molecule has 1 saturated carbocycles. The van der Waals surface area contributed by atoms with Crippen molar-refractivity contribution in [1.82, 2.24) is 4.57 Å². The monoisotopic (exact) mass is 271 g/mol. The molecule has 1 aromatic heterocycles. The highest BCUT2D eigenvalue weighted by Crippen LogP contribution is 2.39. The largest absolute Gasteiger partial charge is 0.493 e. The molecular formula is C15H17N3O2. The van der Waals surface area contributed by atoms with E-state index in [0.717, 1.165) is 29.3 Å². The van der Waals surface area contributed by atoms with E-state index in [0.29, 0.717) is 12.2 Å². The fraction of sp³-hybridized carbons (Fsp3) is 0.400. The van der Waals surface area contributed by atoms with Crippen molar-refractivity contribution in [2.45, 2.75) is 33.2 Å². The zero-order valence-corrected chi connectivity index (χ0v) is 11.6. The summed E-state index contributed by atoms with van der Waals surface area (Å²) in [7, 11) is 0. The molecule has 1 aliphatic carbocycles. The summed E-state index contributed by atoms with van der Waals surface area (Å²) in [5.41, 5.74) is 2.37. The van der Waals surface area contributed by atoms with Gasteiger partial charge in [0.25, 0.3) is 5.91 Å². The second-order valence-electron chi connectivity index (χ2n) is 5.25. The highest BCUT2D eigenvalue weighted by Gasteiger charge is 2.29. The molecule has 5 heteroatoms. The number of aromatic hydroxyl groups is 1. The Kier molecular flexibility index (Phi) is 3.04. The van der Waals surface area contributed by atoms with E-state index >= 15 is 0 Å². The van der Waals surface area contributed by atoms with Crippen LogP contribution in [0.2, 0.25) is 0 Å². The van der Waals surface area contributed by atoms with E-state index in [1.165, 1.54) is 0 Å². The summed E-state index contributed by atoms with van der Waals surface area (Å²) in [5.74, 6) is -0.0722. The van der Waals surface area contributed by atoms with Crippen LogP contribution in [0.1, 0.15) is 25.3 Å². The summed E-state index contributed by atoms with van der Waals surface area (Å²) < 4.78 is 1.77. The lowest BCUT2D eigenvalue weighted by molar-refractivity contribution is -0.119. The number of amides is 1. The molecule has 0 atom stereocenters. The minimum absolute atomic E-state index is 0.0437. The Hall–Kier alpha value is -2.17. The van der Waals surface area contributed by atoms with Crippen LogP contribution in [-0.2, 0) is 11.3 Å². The standard InChI is InChI=1S/C15H17N3O2/c1-3-18-12-7-4-9(2)8-11(12)13(15(18)20)16-17-14(19)10-5-6-10/h4,7-8,10,20H,3,5-6H2,1-2H3. The summed E-state index contributed by atoms with van der Waals surface area (Å²) in [5, 5.41) is 18.9. The van der Waals surface area contributed by atoms with Crippen LogP contribution in [0, 0.1) is 12.8 Å². The van der Waals surface area contributed by atoms with Crippen molar-refractivity contribution in [2.24, 2.45) is 16.1 Å². The molecule has 1 heterocycles. The fourth-order valence-corrected chi connectivity index (χ4v) is 2.37. The Morgan fingerprint density at radius 1 is 1.45 bits per heavy atom. The van der Waals surface area contributed by atoms with E-state index in [1.54, 1.807) is 4.57 Å². The first-order valence-corrected chi connectivity index (χ1v) is 6.89. The molecular weight excluding hydrogens is 254 g/mol. The number of fused-ring (bicyclic) bond motifs is 1. The molecule has 1 aromatic carbocycles. The van der Waals surface area contributed by atoms with Crippen molar-refractivity contribution < 1.29 is 9.90 Å². The molecule has 0 unspecified atom stereocenters. The second-order valence-corrected chi connectivity index (χ2v) is 5.25. The average Bonchev–Trinajstić information content (AvgIpc) is 3.22. The number of nitrogens with zero attached hydrogens (tertiary/aromatic N) is 3. The lowest BCUT2D eigenvalue weighted by Crippen LogP contribution is -1.93. The van der Waals surface area contributed by atoms with Gasteiger partial charge in [-0.1, -0.05) is 11.6 Å². The molecule has 0 saturated heterocycles.